The summed E-state index contributed by atoms with van der Waals surface area (Å²) >= 11 is 0. The Labute approximate surface area is 124 Å². The van der Waals surface area contributed by atoms with Crippen molar-refractivity contribution in [2.24, 2.45) is 0 Å². The van der Waals surface area contributed by atoms with Gasteiger partial charge in [-0.1, -0.05) is 30.7 Å². The Morgan fingerprint density at radius 3 is 1.95 bits per heavy atom. The maximum Gasteiger partial charge on any atom is 0.337 e. The number of rotatable bonds is 3. The maximum absolute atomic E-state index is 11.5. The van der Waals surface area contributed by atoms with Crippen LogP contribution in [0.2, 0.25) is 0 Å². The van der Waals surface area contributed by atoms with Crippen molar-refractivity contribution in [1.29, 1.82) is 0 Å². The van der Waals surface area contributed by atoms with Gasteiger partial charge in [-0.05, 0) is 48.2 Å². The van der Waals surface area contributed by atoms with Gasteiger partial charge in [0.15, 0.2) is 0 Å². The quantitative estimate of drug-likeness (QED) is 0.874. The van der Waals surface area contributed by atoms with Crippen LogP contribution < -0.4 is 0 Å². The Balaban J connectivity index is 1.96. The van der Waals surface area contributed by atoms with E-state index in [1.165, 1.54) is 24.7 Å². The van der Waals surface area contributed by atoms with Crippen LogP contribution in [-0.2, 0) is 10.2 Å². The Bertz CT molecular complexity index is 637. The summed E-state index contributed by atoms with van der Waals surface area (Å²) in [5, 5.41) is 9.46. The third kappa shape index (κ3) is 2.29. The van der Waals surface area contributed by atoms with Gasteiger partial charge < -0.3 is 9.84 Å². The molecule has 1 aliphatic rings. The lowest BCUT2D eigenvalue weighted by molar-refractivity contribution is 0.0600. The van der Waals surface area contributed by atoms with Crippen LogP contribution in [0, 0.1) is 0 Å². The molecule has 1 saturated carbocycles. The van der Waals surface area contributed by atoms with E-state index in [1.54, 1.807) is 12.1 Å². The van der Waals surface area contributed by atoms with Crippen molar-refractivity contribution in [3.05, 3.63) is 65.2 Å². The highest BCUT2D eigenvalue weighted by atomic mass is 16.5. The summed E-state index contributed by atoms with van der Waals surface area (Å²) in [6.07, 6.45) is 3.38. The van der Waals surface area contributed by atoms with E-state index in [9.17, 15) is 9.90 Å². The van der Waals surface area contributed by atoms with Crippen LogP contribution >= 0.6 is 0 Å². The zero-order valence-electron chi connectivity index (χ0n) is 12.0. The molecule has 1 N–H and O–H groups in total. The first kappa shape index (κ1) is 13.7. The first-order valence-corrected chi connectivity index (χ1v) is 7.14. The molecule has 2 aromatic rings. The summed E-state index contributed by atoms with van der Waals surface area (Å²) in [5.41, 5.74) is 3.02. The number of ether oxygens (including phenoxy) is 1. The molecular weight excluding hydrogens is 264 g/mol. The number of phenols is 1. The van der Waals surface area contributed by atoms with Crippen molar-refractivity contribution < 1.29 is 14.6 Å². The number of methoxy groups -OCH3 is 1. The first-order chi connectivity index (χ1) is 10.2. The number of esters is 1. The fourth-order valence-corrected chi connectivity index (χ4v) is 3.10. The second-order valence-electron chi connectivity index (χ2n) is 5.55. The van der Waals surface area contributed by atoms with Gasteiger partial charge in [0.05, 0.1) is 12.7 Å². The van der Waals surface area contributed by atoms with Crippen LogP contribution in [0.3, 0.4) is 0 Å². The molecular formula is C18H18O3. The van der Waals surface area contributed by atoms with Crippen molar-refractivity contribution in [2.75, 3.05) is 7.11 Å². The SMILES string of the molecule is COC(=O)c1ccc(C2(c3ccc(O)cc3)CCC2)cc1. The molecule has 0 bridgehead atoms. The average molecular weight is 282 g/mol. The fourth-order valence-electron chi connectivity index (χ4n) is 3.10. The lowest BCUT2D eigenvalue weighted by Crippen LogP contribution is -2.35. The number of hydrogen-bond acceptors (Lipinski definition) is 3. The smallest absolute Gasteiger partial charge is 0.337 e. The molecule has 1 aliphatic carbocycles. The van der Waals surface area contributed by atoms with E-state index in [4.69, 9.17) is 4.74 Å². The van der Waals surface area contributed by atoms with E-state index >= 15 is 0 Å². The topological polar surface area (TPSA) is 46.5 Å². The predicted molar refractivity (Wildman–Crippen MR) is 80.5 cm³/mol. The maximum atomic E-state index is 11.5. The molecule has 0 amide bonds. The van der Waals surface area contributed by atoms with E-state index in [1.807, 2.05) is 36.4 Å². The van der Waals surface area contributed by atoms with E-state index in [2.05, 4.69) is 0 Å². The predicted octanol–water partition coefficient (Wildman–Crippen LogP) is 3.65. The molecule has 0 heterocycles. The monoisotopic (exact) mass is 282 g/mol. The minimum absolute atomic E-state index is 0.0162. The van der Waals surface area contributed by atoms with Crippen molar-refractivity contribution in [2.45, 2.75) is 24.7 Å². The highest BCUT2D eigenvalue weighted by molar-refractivity contribution is 5.89. The van der Waals surface area contributed by atoms with Crippen LogP contribution in [-0.4, -0.2) is 18.2 Å². The number of carbonyl (C=O) groups is 1. The molecule has 0 spiro atoms. The van der Waals surface area contributed by atoms with Crippen LogP contribution in [0.5, 0.6) is 5.75 Å². The third-order valence-electron chi connectivity index (χ3n) is 4.49. The summed E-state index contributed by atoms with van der Waals surface area (Å²) in [5.74, 6) is -0.0249. The number of phenolic OH excluding ortho intramolecular Hbond substituents is 1. The van der Waals surface area contributed by atoms with Gasteiger partial charge in [-0.25, -0.2) is 4.79 Å². The van der Waals surface area contributed by atoms with Crippen LogP contribution in [0.25, 0.3) is 0 Å². The molecule has 0 aliphatic heterocycles. The minimum Gasteiger partial charge on any atom is -0.508 e. The summed E-state index contributed by atoms with van der Waals surface area (Å²) in [6.45, 7) is 0. The molecule has 0 radical (unpaired) electrons. The standard InChI is InChI=1S/C18H18O3/c1-21-17(20)13-3-5-14(6-4-13)18(11-2-12-18)15-7-9-16(19)10-8-15/h3-10,19H,2,11-12H2,1H3. The summed E-state index contributed by atoms with van der Waals surface area (Å²) in [4.78, 5) is 11.5. The van der Waals surface area contributed by atoms with Gasteiger partial charge in [-0.3, -0.25) is 0 Å². The normalized spacial score (nSPS) is 16.0. The Morgan fingerprint density at radius 1 is 1.00 bits per heavy atom. The number of benzene rings is 2. The Kier molecular flexibility index (Phi) is 3.42. The summed E-state index contributed by atoms with van der Waals surface area (Å²) < 4.78 is 4.73. The Morgan fingerprint density at radius 2 is 1.52 bits per heavy atom. The number of hydrogen-bond donors (Lipinski definition) is 1. The molecule has 0 saturated heterocycles. The second kappa shape index (κ2) is 5.24. The molecule has 3 rings (SSSR count). The highest BCUT2D eigenvalue weighted by Gasteiger charge is 2.40. The summed E-state index contributed by atoms with van der Waals surface area (Å²) in [6, 6.07) is 15.1. The zero-order valence-corrected chi connectivity index (χ0v) is 12.0. The lowest BCUT2D eigenvalue weighted by Gasteiger charge is -2.43. The zero-order chi connectivity index (χ0) is 14.9. The van der Waals surface area contributed by atoms with Crippen LogP contribution in [0.1, 0.15) is 40.7 Å². The van der Waals surface area contributed by atoms with E-state index in [0.29, 0.717) is 5.56 Å². The van der Waals surface area contributed by atoms with E-state index in [-0.39, 0.29) is 17.1 Å². The van der Waals surface area contributed by atoms with Gasteiger partial charge in [-0.15, -0.1) is 0 Å². The molecule has 0 unspecified atom stereocenters. The second-order valence-corrected chi connectivity index (χ2v) is 5.55. The molecule has 2 aromatic carbocycles. The largest absolute Gasteiger partial charge is 0.508 e. The van der Waals surface area contributed by atoms with Gasteiger partial charge in [0.2, 0.25) is 0 Å². The van der Waals surface area contributed by atoms with Gasteiger partial charge in [0.25, 0.3) is 0 Å². The molecule has 3 heteroatoms. The van der Waals surface area contributed by atoms with Crippen molar-refractivity contribution >= 4 is 5.97 Å². The Hall–Kier alpha value is -2.29. The van der Waals surface area contributed by atoms with Crippen molar-refractivity contribution in [1.82, 2.24) is 0 Å². The van der Waals surface area contributed by atoms with Gasteiger partial charge in [0, 0.05) is 5.41 Å². The van der Waals surface area contributed by atoms with Gasteiger partial charge in [0.1, 0.15) is 5.75 Å². The molecule has 0 atom stereocenters. The van der Waals surface area contributed by atoms with Crippen molar-refractivity contribution in [3.8, 4) is 5.75 Å². The van der Waals surface area contributed by atoms with E-state index < -0.39 is 0 Å². The molecule has 3 nitrogen and oxygen atoms in total. The third-order valence-corrected chi connectivity index (χ3v) is 4.49. The van der Waals surface area contributed by atoms with Crippen LogP contribution in [0.4, 0.5) is 0 Å². The number of aromatic hydroxyl groups is 1. The fraction of sp³-hybridized carbons (Fsp3) is 0.278. The van der Waals surface area contributed by atoms with Gasteiger partial charge >= 0.3 is 5.97 Å². The number of carbonyl (C=O) groups excluding carboxylic acids is 1. The molecule has 21 heavy (non-hydrogen) atoms. The molecule has 108 valence electrons. The highest BCUT2D eigenvalue weighted by Crippen LogP contribution is 2.49. The van der Waals surface area contributed by atoms with E-state index in [0.717, 1.165) is 12.8 Å². The molecule has 0 aromatic heterocycles. The average Bonchev–Trinajstić information content (AvgIpc) is 2.48. The summed E-state index contributed by atoms with van der Waals surface area (Å²) in [7, 11) is 1.39. The van der Waals surface area contributed by atoms with Crippen LogP contribution in [0.15, 0.2) is 48.5 Å². The van der Waals surface area contributed by atoms with Gasteiger partial charge in [-0.2, -0.15) is 0 Å². The lowest BCUT2D eigenvalue weighted by atomic mass is 9.60. The minimum atomic E-state index is -0.311. The van der Waals surface area contributed by atoms with Crippen molar-refractivity contribution in [3.63, 3.8) is 0 Å². The molecule has 1 fully saturated rings. The first-order valence-electron chi connectivity index (χ1n) is 7.14.